The van der Waals surface area contributed by atoms with Crippen molar-refractivity contribution in [3.63, 3.8) is 0 Å². The molecule has 0 bridgehead atoms. The van der Waals surface area contributed by atoms with Gasteiger partial charge < -0.3 is 19.9 Å². The van der Waals surface area contributed by atoms with E-state index in [1.165, 1.54) is 0 Å². The van der Waals surface area contributed by atoms with E-state index in [1.54, 1.807) is 12.1 Å². The van der Waals surface area contributed by atoms with Gasteiger partial charge in [-0.1, -0.05) is 39.7 Å². The maximum Gasteiger partial charge on any atom is 0.162 e. The number of aromatic hydroxyl groups is 1. The molecule has 0 spiro atoms. The molecule has 0 aliphatic carbocycles. The molecule has 0 saturated heterocycles. The molecule has 0 aliphatic rings. The van der Waals surface area contributed by atoms with E-state index in [4.69, 9.17) is 21.1 Å². The fraction of sp³-hybridized carbons (Fsp3) is 0.182. The molecule has 0 atom stereocenters. The summed E-state index contributed by atoms with van der Waals surface area (Å²) < 4.78 is 12.7. The van der Waals surface area contributed by atoms with Crippen LogP contribution in [0.4, 0.5) is 5.69 Å². The lowest BCUT2D eigenvalue weighted by Crippen LogP contribution is -2.04. The van der Waals surface area contributed by atoms with Gasteiger partial charge in [0.05, 0.1) is 6.61 Å². The lowest BCUT2D eigenvalue weighted by Gasteiger charge is -2.16. The standard InChI is InChI=1S/C22H21BrClNO3/c1-2-27-21-11-16(13-25-18-7-9-19(26)10-8-18)20(23)12-22(21)28-14-15-3-5-17(24)6-4-15/h3-12,25-26H,2,13-14H2,1H3. The second-order valence-electron chi connectivity index (χ2n) is 6.14. The van der Waals surface area contributed by atoms with E-state index in [9.17, 15) is 5.11 Å². The third-order valence-electron chi connectivity index (χ3n) is 4.07. The molecule has 146 valence electrons. The Morgan fingerprint density at radius 3 is 2.32 bits per heavy atom. The Bertz CT molecular complexity index is 914. The van der Waals surface area contributed by atoms with Gasteiger partial charge in [0.2, 0.25) is 0 Å². The first kappa shape index (κ1) is 20.4. The van der Waals surface area contributed by atoms with Crippen molar-refractivity contribution in [2.45, 2.75) is 20.1 Å². The van der Waals surface area contributed by atoms with Gasteiger partial charge in [-0.2, -0.15) is 0 Å². The predicted octanol–water partition coefficient (Wildman–Crippen LogP) is 6.40. The van der Waals surface area contributed by atoms with Gasteiger partial charge in [-0.05, 0) is 66.6 Å². The molecular formula is C22H21BrClNO3. The average molecular weight is 463 g/mol. The van der Waals surface area contributed by atoms with Gasteiger partial charge in [-0.25, -0.2) is 0 Å². The summed E-state index contributed by atoms with van der Waals surface area (Å²) in [5.74, 6) is 1.62. The number of anilines is 1. The van der Waals surface area contributed by atoms with Gasteiger partial charge in [-0.15, -0.1) is 0 Å². The molecule has 0 saturated carbocycles. The summed E-state index contributed by atoms with van der Waals surface area (Å²) in [6, 6.07) is 18.4. The number of ether oxygens (including phenoxy) is 2. The van der Waals surface area contributed by atoms with Crippen LogP contribution in [0.15, 0.2) is 65.1 Å². The zero-order valence-electron chi connectivity index (χ0n) is 15.4. The highest BCUT2D eigenvalue weighted by Crippen LogP contribution is 2.35. The molecule has 4 nitrogen and oxygen atoms in total. The fourth-order valence-electron chi connectivity index (χ4n) is 2.61. The number of halogens is 2. The average Bonchev–Trinajstić information content (AvgIpc) is 2.69. The van der Waals surface area contributed by atoms with Crippen LogP contribution in [0.2, 0.25) is 5.02 Å². The van der Waals surface area contributed by atoms with Crippen LogP contribution in [0.25, 0.3) is 0 Å². The molecule has 0 amide bonds. The first-order valence-electron chi connectivity index (χ1n) is 8.90. The van der Waals surface area contributed by atoms with Crippen LogP contribution in [0, 0.1) is 0 Å². The maximum atomic E-state index is 9.39. The molecule has 0 unspecified atom stereocenters. The Labute approximate surface area is 178 Å². The first-order valence-corrected chi connectivity index (χ1v) is 10.1. The Kier molecular flexibility index (Phi) is 7.06. The molecule has 2 N–H and O–H groups in total. The number of rotatable bonds is 8. The van der Waals surface area contributed by atoms with E-state index in [1.807, 2.05) is 55.5 Å². The lowest BCUT2D eigenvalue weighted by molar-refractivity contribution is 0.269. The Morgan fingerprint density at radius 2 is 1.64 bits per heavy atom. The highest BCUT2D eigenvalue weighted by molar-refractivity contribution is 9.10. The summed E-state index contributed by atoms with van der Waals surface area (Å²) in [5, 5.41) is 13.4. The molecule has 0 radical (unpaired) electrons. The minimum Gasteiger partial charge on any atom is -0.508 e. The van der Waals surface area contributed by atoms with Gasteiger partial charge in [0.25, 0.3) is 0 Å². The summed E-state index contributed by atoms with van der Waals surface area (Å²) in [5.41, 5.74) is 2.99. The highest BCUT2D eigenvalue weighted by Gasteiger charge is 2.11. The summed E-state index contributed by atoms with van der Waals surface area (Å²) in [7, 11) is 0. The number of nitrogens with one attached hydrogen (secondary N) is 1. The minimum atomic E-state index is 0.243. The van der Waals surface area contributed by atoms with Crippen LogP contribution in [-0.4, -0.2) is 11.7 Å². The van der Waals surface area contributed by atoms with E-state index in [0.29, 0.717) is 36.3 Å². The molecule has 3 aromatic carbocycles. The number of hydrogen-bond acceptors (Lipinski definition) is 4. The minimum absolute atomic E-state index is 0.243. The number of phenolic OH excluding ortho intramolecular Hbond substituents is 1. The third-order valence-corrected chi connectivity index (χ3v) is 5.06. The van der Waals surface area contributed by atoms with Crippen LogP contribution in [0.1, 0.15) is 18.1 Å². The SMILES string of the molecule is CCOc1cc(CNc2ccc(O)cc2)c(Br)cc1OCc1ccc(Cl)cc1. The van der Waals surface area contributed by atoms with Crippen LogP contribution in [0.3, 0.4) is 0 Å². The van der Waals surface area contributed by atoms with Crippen LogP contribution in [0.5, 0.6) is 17.2 Å². The monoisotopic (exact) mass is 461 g/mol. The molecule has 28 heavy (non-hydrogen) atoms. The maximum absolute atomic E-state index is 9.39. The zero-order valence-corrected chi connectivity index (χ0v) is 17.8. The molecule has 0 aliphatic heterocycles. The lowest BCUT2D eigenvalue weighted by atomic mass is 10.2. The smallest absolute Gasteiger partial charge is 0.162 e. The second kappa shape index (κ2) is 9.71. The number of phenols is 1. The van der Waals surface area contributed by atoms with Crippen LogP contribution < -0.4 is 14.8 Å². The van der Waals surface area contributed by atoms with Gasteiger partial charge >= 0.3 is 0 Å². The molecular weight excluding hydrogens is 442 g/mol. The van der Waals surface area contributed by atoms with Crippen molar-refractivity contribution in [2.75, 3.05) is 11.9 Å². The summed E-state index contributed by atoms with van der Waals surface area (Å²) in [6.07, 6.45) is 0. The van der Waals surface area contributed by atoms with Crippen molar-refractivity contribution in [1.82, 2.24) is 0 Å². The number of benzene rings is 3. The van der Waals surface area contributed by atoms with Gasteiger partial charge in [0, 0.05) is 21.7 Å². The Hall–Kier alpha value is -2.37. The van der Waals surface area contributed by atoms with E-state index < -0.39 is 0 Å². The van der Waals surface area contributed by atoms with E-state index in [2.05, 4.69) is 21.2 Å². The van der Waals surface area contributed by atoms with E-state index in [-0.39, 0.29) is 5.75 Å². The Balaban J connectivity index is 1.72. The van der Waals surface area contributed by atoms with Crippen molar-refractivity contribution in [3.8, 4) is 17.2 Å². The largest absolute Gasteiger partial charge is 0.508 e. The van der Waals surface area contributed by atoms with E-state index >= 15 is 0 Å². The van der Waals surface area contributed by atoms with Gasteiger partial charge in [0.15, 0.2) is 11.5 Å². The van der Waals surface area contributed by atoms with Crippen LogP contribution in [-0.2, 0) is 13.2 Å². The third kappa shape index (κ3) is 5.57. The summed E-state index contributed by atoms with van der Waals surface area (Å²) >= 11 is 9.55. The van der Waals surface area contributed by atoms with Crippen molar-refractivity contribution < 1.29 is 14.6 Å². The topological polar surface area (TPSA) is 50.7 Å². The zero-order chi connectivity index (χ0) is 19.9. The molecule has 0 fully saturated rings. The van der Waals surface area contributed by atoms with Gasteiger partial charge in [-0.3, -0.25) is 0 Å². The molecule has 3 aromatic rings. The predicted molar refractivity (Wildman–Crippen MR) is 117 cm³/mol. The molecule has 6 heteroatoms. The van der Waals surface area contributed by atoms with Crippen molar-refractivity contribution in [1.29, 1.82) is 0 Å². The first-order chi connectivity index (χ1) is 13.5. The highest BCUT2D eigenvalue weighted by atomic mass is 79.9. The van der Waals surface area contributed by atoms with E-state index in [0.717, 1.165) is 21.3 Å². The molecule has 3 rings (SSSR count). The molecule has 0 aromatic heterocycles. The quantitative estimate of drug-likeness (QED) is 0.380. The van der Waals surface area contributed by atoms with Gasteiger partial charge in [0.1, 0.15) is 12.4 Å². The summed E-state index contributed by atoms with van der Waals surface area (Å²) in [6.45, 7) is 3.51. The van der Waals surface area contributed by atoms with Crippen molar-refractivity contribution in [2.24, 2.45) is 0 Å². The number of hydrogen-bond donors (Lipinski definition) is 2. The second-order valence-corrected chi connectivity index (χ2v) is 7.43. The fourth-order valence-corrected chi connectivity index (χ4v) is 3.20. The normalized spacial score (nSPS) is 10.5. The van der Waals surface area contributed by atoms with Crippen molar-refractivity contribution >= 4 is 33.2 Å². The molecule has 0 heterocycles. The summed E-state index contributed by atoms with van der Waals surface area (Å²) in [4.78, 5) is 0. The van der Waals surface area contributed by atoms with Crippen LogP contribution >= 0.6 is 27.5 Å². The Morgan fingerprint density at radius 1 is 0.964 bits per heavy atom. The van der Waals surface area contributed by atoms with Crippen molar-refractivity contribution in [3.05, 3.63) is 81.3 Å².